The van der Waals surface area contributed by atoms with Gasteiger partial charge in [-0.15, -0.1) is 0 Å². The van der Waals surface area contributed by atoms with Crippen LogP contribution in [-0.2, 0) is 0 Å². The van der Waals surface area contributed by atoms with Crippen LogP contribution in [0.15, 0.2) is 48.5 Å². The molecule has 2 heteroatoms. The molecule has 0 aromatic heterocycles. The fraction of sp³-hybridized carbons (Fsp3) is 0.143. The van der Waals surface area contributed by atoms with Crippen LogP contribution in [0.1, 0.15) is 6.92 Å². The van der Waals surface area contributed by atoms with E-state index >= 15 is 0 Å². The van der Waals surface area contributed by atoms with E-state index in [9.17, 15) is 4.39 Å². The molecule has 0 fully saturated rings. The molecule has 0 radical (unpaired) electrons. The molecule has 2 aromatic carbocycles. The van der Waals surface area contributed by atoms with Crippen molar-refractivity contribution in [3.05, 3.63) is 54.3 Å². The van der Waals surface area contributed by atoms with Gasteiger partial charge in [-0.1, -0.05) is 24.3 Å². The predicted octanol–water partition coefficient (Wildman–Crippen LogP) is 3.89. The molecular weight excluding hydrogens is 203 g/mol. The molecule has 0 atom stereocenters. The highest BCUT2D eigenvalue weighted by atomic mass is 19.1. The van der Waals surface area contributed by atoms with Gasteiger partial charge in [0, 0.05) is 0 Å². The molecule has 0 unspecified atom stereocenters. The molecule has 0 amide bonds. The van der Waals surface area contributed by atoms with Crippen LogP contribution >= 0.6 is 0 Å². The Morgan fingerprint density at radius 1 is 1.00 bits per heavy atom. The highest BCUT2D eigenvalue weighted by Gasteiger charge is 1.99. The van der Waals surface area contributed by atoms with Gasteiger partial charge in [0.1, 0.15) is 11.6 Å². The third kappa shape index (κ3) is 2.40. The SMILES string of the molecule is CCOc1cccc(-c2ccc(F)cc2)c1. The Labute approximate surface area is 94.5 Å². The molecule has 0 aliphatic carbocycles. The number of halogens is 1. The van der Waals surface area contributed by atoms with Crippen LogP contribution in [0.3, 0.4) is 0 Å². The van der Waals surface area contributed by atoms with Crippen molar-refractivity contribution in [2.45, 2.75) is 6.92 Å². The van der Waals surface area contributed by atoms with E-state index in [1.165, 1.54) is 12.1 Å². The Morgan fingerprint density at radius 3 is 2.44 bits per heavy atom. The van der Waals surface area contributed by atoms with E-state index in [1.807, 2.05) is 31.2 Å². The molecule has 0 aliphatic heterocycles. The van der Waals surface area contributed by atoms with Gasteiger partial charge in [-0.05, 0) is 42.3 Å². The van der Waals surface area contributed by atoms with Crippen molar-refractivity contribution in [3.63, 3.8) is 0 Å². The number of ether oxygens (including phenoxy) is 1. The van der Waals surface area contributed by atoms with Crippen molar-refractivity contribution >= 4 is 0 Å². The van der Waals surface area contributed by atoms with E-state index < -0.39 is 0 Å². The zero-order valence-electron chi connectivity index (χ0n) is 9.11. The largest absolute Gasteiger partial charge is 0.494 e. The van der Waals surface area contributed by atoms with Crippen molar-refractivity contribution in [3.8, 4) is 16.9 Å². The van der Waals surface area contributed by atoms with Gasteiger partial charge in [0.15, 0.2) is 0 Å². The fourth-order valence-electron chi connectivity index (χ4n) is 1.57. The maximum Gasteiger partial charge on any atom is 0.123 e. The van der Waals surface area contributed by atoms with Gasteiger partial charge in [-0.25, -0.2) is 4.39 Å². The van der Waals surface area contributed by atoms with Crippen molar-refractivity contribution in [1.29, 1.82) is 0 Å². The van der Waals surface area contributed by atoms with Gasteiger partial charge in [0.05, 0.1) is 6.61 Å². The molecular formula is C14H13FO. The summed E-state index contributed by atoms with van der Waals surface area (Å²) in [6.07, 6.45) is 0. The average Bonchev–Trinajstić information content (AvgIpc) is 2.31. The third-order valence-corrected chi connectivity index (χ3v) is 2.32. The molecule has 1 nitrogen and oxygen atoms in total. The molecule has 82 valence electrons. The van der Waals surface area contributed by atoms with E-state index in [0.717, 1.165) is 16.9 Å². The maximum absolute atomic E-state index is 12.8. The number of hydrogen-bond acceptors (Lipinski definition) is 1. The fourth-order valence-corrected chi connectivity index (χ4v) is 1.57. The van der Waals surface area contributed by atoms with Crippen molar-refractivity contribution < 1.29 is 9.13 Å². The van der Waals surface area contributed by atoms with Crippen molar-refractivity contribution in [1.82, 2.24) is 0 Å². The topological polar surface area (TPSA) is 9.23 Å². The second-order valence-electron chi connectivity index (χ2n) is 3.47. The lowest BCUT2D eigenvalue weighted by Crippen LogP contribution is -1.91. The van der Waals surface area contributed by atoms with Gasteiger partial charge in [0.2, 0.25) is 0 Å². The summed E-state index contributed by atoms with van der Waals surface area (Å²) >= 11 is 0. The quantitative estimate of drug-likeness (QED) is 0.756. The smallest absolute Gasteiger partial charge is 0.123 e. The summed E-state index contributed by atoms with van der Waals surface area (Å²) in [6.45, 7) is 2.59. The summed E-state index contributed by atoms with van der Waals surface area (Å²) in [5, 5.41) is 0. The van der Waals surface area contributed by atoms with E-state index in [-0.39, 0.29) is 5.82 Å². The first-order valence-corrected chi connectivity index (χ1v) is 5.28. The first kappa shape index (κ1) is 10.7. The summed E-state index contributed by atoms with van der Waals surface area (Å²) in [7, 11) is 0. The zero-order valence-corrected chi connectivity index (χ0v) is 9.11. The molecule has 0 aliphatic rings. The van der Waals surface area contributed by atoms with E-state index in [2.05, 4.69) is 0 Å². The van der Waals surface area contributed by atoms with Crippen LogP contribution < -0.4 is 4.74 Å². The normalized spacial score (nSPS) is 10.1. The standard InChI is InChI=1S/C14H13FO/c1-2-16-14-5-3-4-12(10-14)11-6-8-13(15)9-7-11/h3-10H,2H2,1H3. The molecule has 0 saturated carbocycles. The molecule has 0 saturated heterocycles. The molecule has 0 heterocycles. The van der Waals surface area contributed by atoms with Crippen molar-refractivity contribution in [2.24, 2.45) is 0 Å². The summed E-state index contributed by atoms with van der Waals surface area (Å²) < 4.78 is 18.2. The highest BCUT2D eigenvalue weighted by Crippen LogP contribution is 2.23. The zero-order chi connectivity index (χ0) is 11.4. The number of hydrogen-bond donors (Lipinski definition) is 0. The lowest BCUT2D eigenvalue weighted by Gasteiger charge is -2.06. The Bertz CT molecular complexity index is 462. The van der Waals surface area contributed by atoms with Gasteiger partial charge in [-0.2, -0.15) is 0 Å². The van der Waals surface area contributed by atoms with Gasteiger partial charge < -0.3 is 4.74 Å². The second-order valence-corrected chi connectivity index (χ2v) is 3.47. The lowest BCUT2D eigenvalue weighted by molar-refractivity contribution is 0.340. The average molecular weight is 216 g/mol. The van der Waals surface area contributed by atoms with Crippen LogP contribution in [0.4, 0.5) is 4.39 Å². The minimum atomic E-state index is -0.218. The van der Waals surface area contributed by atoms with E-state index in [4.69, 9.17) is 4.74 Å². The summed E-state index contributed by atoms with van der Waals surface area (Å²) in [5.41, 5.74) is 2.02. The first-order chi connectivity index (χ1) is 7.79. The Morgan fingerprint density at radius 2 is 1.75 bits per heavy atom. The Hall–Kier alpha value is -1.83. The van der Waals surface area contributed by atoms with Crippen LogP contribution in [-0.4, -0.2) is 6.61 Å². The number of rotatable bonds is 3. The van der Waals surface area contributed by atoms with Crippen LogP contribution in [0.25, 0.3) is 11.1 Å². The van der Waals surface area contributed by atoms with Gasteiger partial charge >= 0.3 is 0 Å². The van der Waals surface area contributed by atoms with Gasteiger partial charge in [-0.3, -0.25) is 0 Å². The molecule has 0 spiro atoms. The van der Waals surface area contributed by atoms with Crippen LogP contribution in [0.5, 0.6) is 5.75 Å². The highest BCUT2D eigenvalue weighted by molar-refractivity contribution is 5.64. The van der Waals surface area contributed by atoms with Crippen LogP contribution in [0.2, 0.25) is 0 Å². The Kier molecular flexibility index (Phi) is 3.20. The van der Waals surface area contributed by atoms with E-state index in [0.29, 0.717) is 6.61 Å². The molecule has 2 aromatic rings. The third-order valence-electron chi connectivity index (χ3n) is 2.32. The van der Waals surface area contributed by atoms with Crippen LogP contribution in [0, 0.1) is 5.82 Å². The summed E-state index contributed by atoms with van der Waals surface area (Å²) in [4.78, 5) is 0. The second kappa shape index (κ2) is 4.79. The molecule has 0 bridgehead atoms. The van der Waals surface area contributed by atoms with E-state index in [1.54, 1.807) is 12.1 Å². The molecule has 2 rings (SSSR count). The lowest BCUT2D eigenvalue weighted by atomic mass is 10.1. The van der Waals surface area contributed by atoms with Gasteiger partial charge in [0.25, 0.3) is 0 Å². The first-order valence-electron chi connectivity index (χ1n) is 5.28. The monoisotopic (exact) mass is 216 g/mol. The number of benzene rings is 2. The van der Waals surface area contributed by atoms with Crippen molar-refractivity contribution in [2.75, 3.05) is 6.61 Å². The molecule has 16 heavy (non-hydrogen) atoms. The summed E-state index contributed by atoms with van der Waals surface area (Å²) in [6, 6.07) is 14.2. The Balaban J connectivity index is 2.32. The molecule has 0 N–H and O–H groups in total. The summed E-state index contributed by atoms with van der Waals surface area (Å²) in [5.74, 6) is 0.619. The minimum Gasteiger partial charge on any atom is -0.494 e. The minimum absolute atomic E-state index is 0.218. The predicted molar refractivity (Wildman–Crippen MR) is 63.0 cm³/mol. The maximum atomic E-state index is 12.8.